The summed E-state index contributed by atoms with van der Waals surface area (Å²) in [6.07, 6.45) is 1.84. The van der Waals surface area contributed by atoms with E-state index in [1.165, 1.54) is 16.3 Å². The van der Waals surface area contributed by atoms with Crippen LogP contribution in [0.2, 0.25) is 0 Å². The zero-order valence-electron chi connectivity index (χ0n) is 31.3. The van der Waals surface area contributed by atoms with Crippen LogP contribution in [0.25, 0.3) is 121 Å². The minimum Gasteiger partial charge on any atom is -0.254 e. The smallest absolute Gasteiger partial charge is 0.0972 e. The highest BCUT2D eigenvalue weighted by atomic mass is 14.8. The fourth-order valence-electron chi connectivity index (χ4n) is 8.79. The van der Waals surface area contributed by atoms with Crippen molar-refractivity contribution in [2.24, 2.45) is 0 Å². The molecular weight excluding hydrogens is 705 g/mol. The maximum Gasteiger partial charge on any atom is 0.0972 e. The first-order valence-corrected chi connectivity index (χ1v) is 19.6. The average Bonchev–Trinajstić information content (AvgIpc) is 3.29. The van der Waals surface area contributed by atoms with Crippen molar-refractivity contribution in [3.05, 3.63) is 194 Å². The molecule has 0 aliphatic carbocycles. The molecule has 0 bridgehead atoms. The van der Waals surface area contributed by atoms with Gasteiger partial charge in [0.25, 0.3) is 0 Å². The van der Waals surface area contributed by atoms with Gasteiger partial charge in [0.05, 0.1) is 39.1 Å². The number of hydrogen-bond donors (Lipinski definition) is 0. The highest BCUT2D eigenvalue weighted by Crippen LogP contribution is 2.43. The van der Waals surface area contributed by atoms with Gasteiger partial charge in [0.2, 0.25) is 0 Å². The molecule has 4 nitrogen and oxygen atoms in total. The normalized spacial score (nSPS) is 11.8. The van der Waals surface area contributed by atoms with Crippen molar-refractivity contribution in [2.75, 3.05) is 0 Å². The molecule has 0 aliphatic rings. The van der Waals surface area contributed by atoms with E-state index in [-0.39, 0.29) is 0 Å². The minimum atomic E-state index is 0.908. The summed E-state index contributed by atoms with van der Waals surface area (Å²) in [6, 6.07) is 66.7. The highest BCUT2D eigenvalue weighted by molar-refractivity contribution is 6.21. The van der Waals surface area contributed by atoms with E-state index in [2.05, 4.69) is 182 Å². The van der Waals surface area contributed by atoms with E-state index in [1.807, 2.05) is 12.3 Å². The van der Waals surface area contributed by atoms with E-state index in [1.54, 1.807) is 0 Å². The Labute approximate surface area is 333 Å². The lowest BCUT2D eigenvalue weighted by Crippen LogP contribution is -1.95. The lowest BCUT2D eigenvalue weighted by atomic mass is 9.88. The van der Waals surface area contributed by atoms with Gasteiger partial charge in [0.1, 0.15) is 0 Å². The molecule has 0 atom stereocenters. The first-order chi connectivity index (χ1) is 28.7. The first-order valence-electron chi connectivity index (χ1n) is 19.6. The van der Waals surface area contributed by atoms with Crippen LogP contribution in [0.3, 0.4) is 0 Å². The molecule has 8 aromatic carbocycles. The predicted molar refractivity (Wildman–Crippen MR) is 242 cm³/mol. The van der Waals surface area contributed by atoms with Crippen molar-refractivity contribution in [3.8, 4) is 44.9 Å². The van der Waals surface area contributed by atoms with Crippen LogP contribution >= 0.6 is 0 Å². The van der Waals surface area contributed by atoms with Gasteiger partial charge in [-0.25, -0.2) is 15.0 Å². The SMILES string of the molecule is c1ccc2cc(-c3ccc4ccc(-c5ccc6ccc(-c7c8ccccc8c(-c8ccc9ccc%10cccnc%10c9n8)c8ccccc78)nc6c5)nc4c3)ccc2c1. The monoisotopic (exact) mass is 736 g/mol. The molecule has 0 unspecified atom stereocenters. The molecule has 0 N–H and O–H groups in total. The standard InChI is InChI=1S/C54H32N4/c1-2-9-38-30-39(20-15-33(38)8-1)40-21-16-34-23-26-46(56-49(34)31-40)41-22-17-35-24-27-47(57-50(35)32-41)51-42-11-3-5-13-44(42)52(45-14-6-4-12-43(45)51)48-28-25-37-19-18-36-10-7-29-55-53(36)54(37)58-48/h1-32H. The van der Waals surface area contributed by atoms with Crippen molar-refractivity contribution in [3.63, 3.8) is 0 Å². The molecule has 0 saturated carbocycles. The number of hydrogen-bond acceptors (Lipinski definition) is 4. The Kier molecular flexibility index (Phi) is 7.20. The van der Waals surface area contributed by atoms with Crippen molar-refractivity contribution < 1.29 is 0 Å². The van der Waals surface area contributed by atoms with Crippen LogP contribution in [0, 0.1) is 0 Å². The van der Waals surface area contributed by atoms with Crippen LogP contribution < -0.4 is 0 Å². The lowest BCUT2D eigenvalue weighted by Gasteiger charge is -2.17. The van der Waals surface area contributed by atoms with Gasteiger partial charge < -0.3 is 0 Å². The van der Waals surface area contributed by atoms with Crippen LogP contribution in [0.5, 0.6) is 0 Å². The van der Waals surface area contributed by atoms with Crippen LogP contribution in [-0.4, -0.2) is 19.9 Å². The summed E-state index contributed by atoms with van der Waals surface area (Å²) in [6.45, 7) is 0. The molecule has 4 aromatic heterocycles. The number of aromatic nitrogens is 4. The Morgan fingerprint density at radius 3 is 1.41 bits per heavy atom. The molecule has 0 aliphatic heterocycles. The second-order valence-corrected chi connectivity index (χ2v) is 15.0. The van der Waals surface area contributed by atoms with E-state index in [4.69, 9.17) is 19.9 Å². The van der Waals surface area contributed by atoms with Gasteiger partial charge in [0, 0.05) is 44.4 Å². The van der Waals surface area contributed by atoms with Gasteiger partial charge >= 0.3 is 0 Å². The number of fused-ring (bicyclic) bond motifs is 8. The van der Waals surface area contributed by atoms with Crippen molar-refractivity contribution in [2.45, 2.75) is 0 Å². The van der Waals surface area contributed by atoms with Gasteiger partial charge in [-0.1, -0.05) is 146 Å². The van der Waals surface area contributed by atoms with Gasteiger partial charge in [-0.05, 0) is 85.9 Å². The summed E-state index contributed by atoms with van der Waals surface area (Å²) in [4.78, 5) is 20.7. The molecule has 0 saturated heterocycles. The second kappa shape index (κ2) is 12.9. The van der Waals surface area contributed by atoms with Gasteiger partial charge in [0.15, 0.2) is 0 Å². The summed E-state index contributed by atoms with van der Waals surface area (Å²) in [5.41, 5.74) is 12.1. The molecular formula is C54H32N4. The van der Waals surface area contributed by atoms with E-state index >= 15 is 0 Å². The molecule has 0 fully saturated rings. The van der Waals surface area contributed by atoms with Crippen LogP contribution in [0.15, 0.2) is 194 Å². The quantitative estimate of drug-likeness (QED) is 0.133. The third-order valence-corrected chi connectivity index (χ3v) is 11.6. The lowest BCUT2D eigenvalue weighted by molar-refractivity contribution is 1.37. The molecule has 12 aromatic rings. The van der Waals surface area contributed by atoms with Crippen molar-refractivity contribution in [1.29, 1.82) is 0 Å². The zero-order chi connectivity index (χ0) is 38.2. The molecule has 0 amide bonds. The predicted octanol–water partition coefficient (Wildman–Crippen LogP) is 14.0. The highest BCUT2D eigenvalue weighted by Gasteiger charge is 2.19. The maximum atomic E-state index is 5.40. The van der Waals surface area contributed by atoms with Crippen LogP contribution in [0.1, 0.15) is 0 Å². The summed E-state index contributed by atoms with van der Waals surface area (Å²) < 4.78 is 0. The molecule has 4 heteroatoms. The summed E-state index contributed by atoms with van der Waals surface area (Å²) in [5, 5.41) is 11.4. The second-order valence-electron chi connectivity index (χ2n) is 15.0. The maximum absolute atomic E-state index is 5.40. The molecule has 0 radical (unpaired) electrons. The zero-order valence-corrected chi connectivity index (χ0v) is 31.3. The summed E-state index contributed by atoms with van der Waals surface area (Å²) >= 11 is 0. The molecule has 268 valence electrons. The Morgan fingerprint density at radius 1 is 0.276 bits per heavy atom. The van der Waals surface area contributed by atoms with E-state index in [0.717, 1.165) is 104 Å². The van der Waals surface area contributed by atoms with E-state index < -0.39 is 0 Å². The minimum absolute atomic E-state index is 0.908. The Balaban J connectivity index is 0.989. The van der Waals surface area contributed by atoms with Gasteiger partial charge in [-0.3, -0.25) is 4.98 Å². The first kappa shape index (κ1) is 32.4. The molecule has 58 heavy (non-hydrogen) atoms. The van der Waals surface area contributed by atoms with Gasteiger partial charge in [-0.2, -0.15) is 0 Å². The molecule has 12 rings (SSSR count). The third kappa shape index (κ3) is 5.23. The fourth-order valence-corrected chi connectivity index (χ4v) is 8.79. The number of benzene rings is 8. The van der Waals surface area contributed by atoms with E-state index in [9.17, 15) is 0 Å². The number of rotatable bonds is 4. The van der Waals surface area contributed by atoms with Crippen LogP contribution in [0.4, 0.5) is 0 Å². The van der Waals surface area contributed by atoms with Gasteiger partial charge in [-0.15, -0.1) is 0 Å². The Bertz CT molecular complexity index is 3590. The number of nitrogens with zero attached hydrogens (tertiary/aromatic N) is 4. The van der Waals surface area contributed by atoms with Crippen molar-refractivity contribution >= 4 is 75.9 Å². The van der Waals surface area contributed by atoms with E-state index in [0.29, 0.717) is 0 Å². The van der Waals surface area contributed by atoms with Crippen molar-refractivity contribution in [1.82, 2.24) is 19.9 Å². The topological polar surface area (TPSA) is 51.6 Å². The average molecular weight is 737 g/mol. The summed E-state index contributed by atoms with van der Waals surface area (Å²) in [5.74, 6) is 0. The Hall–Kier alpha value is -7.82. The number of pyridine rings is 4. The Morgan fingerprint density at radius 2 is 0.724 bits per heavy atom. The third-order valence-electron chi connectivity index (χ3n) is 11.6. The summed E-state index contributed by atoms with van der Waals surface area (Å²) in [7, 11) is 0. The molecule has 4 heterocycles. The fraction of sp³-hybridized carbons (Fsp3) is 0. The van der Waals surface area contributed by atoms with Crippen LogP contribution in [-0.2, 0) is 0 Å². The molecule has 0 spiro atoms. The largest absolute Gasteiger partial charge is 0.254 e.